The van der Waals surface area contributed by atoms with Crippen molar-refractivity contribution in [2.75, 3.05) is 0 Å². The van der Waals surface area contributed by atoms with E-state index in [0.717, 1.165) is 29.8 Å². The molecule has 0 aliphatic carbocycles. The summed E-state index contributed by atoms with van der Waals surface area (Å²) < 4.78 is 0. The van der Waals surface area contributed by atoms with Crippen LogP contribution in [-0.2, 0) is 31.8 Å². The second-order valence-corrected chi connectivity index (χ2v) is 7.42. The third-order valence-corrected chi connectivity index (χ3v) is 4.89. The van der Waals surface area contributed by atoms with Crippen LogP contribution in [0.1, 0.15) is 0 Å². The summed E-state index contributed by atoms with van der Waals surface area (Å²) in [5, 5.41) is 51.5. The molecule has 0 N–H and O–H groups in total. The number of hydrogen-bond acceptors (Lipinski definition) is 6. The van der Waals surface area contributed by atoms with Gasteiger partial charge < -0.3 is 0 Å². The summed E-state index contributed by atoms with van der Waals surface area (Å²) >= 11 is 0. The molecule has 0 saturated carbocycles. The molecule has 6 nitrogen and oxygen atoms in total. The van der Waals surface area contributed by atoms with Crippen LogP contribution < -0.4 is 0 Å². The maximum atomic E-state index is 8.58. The SMILES string of the molecule is N#[C][Fe-2]([C]#N)([C]#N)([C]#N)([C]#N)[C]#N.[Pt+2]. The Morgan fingerprint density at radius 3 is 0.643 bits per heavy atom. The molecule has 0 saturated heterocycles. The molecular formula is C6FeN6Pt. The number of nitrogens with zero attached hydrogens (tertiary/aromatic N) is 6. The predicted octanol–water partition coefficient (Wildman–Crippen LogP) is 0.0957. The van der Waals surface area contributed by atoms with E-state index in [-0.39, 0.29) is 21.1 Å². The smallest absolute Gasteiger partial charge is 2.00 e. The van der Waals surface area contributed by atoms with Gasteiger partial charge in [-0.3, -0.25) is 0 Å². The van der Waals surface area contributed by atoms with E-state index in [9.17, 15) is 0 Å². The monoisotopic (exact) mass is 407 g/mol. The summed E-state index contributed by atoms with van der Waals surface area (Å²) in [5.41, 5.74) is 0. The Labute approximate surface area is 93.0 Å². The summed E-state index contributed by atoms with van der Waals surface area (Å²) in [5.74, 6) is 0. The van der Waals surface area contributed by atoms with E-state index in [4.69, 9.17) is 31.6 Å². The Balaban J connectivity index is 0. The Bertz CT molecular complexity index is 392. The molecule has 0 aromatic heterocycles. The van der Waals surface area contributed by atoms with Crippen LogP contribution in [0.15, 0.2) is 0 Å². The van der Waals surface area contributed by atoms with Crippen LogP contribution in [0, 0.1) is 61.4 Å². The predicted molar refractivity (Wildman–Crippen MR) is 33.7 cm³/mol. The first kappa shape index (κ1) is 14.7. The van der Waals surface area contributed by atoms with Crippen molar-refractivity contribution in [3.05, 3.63) is 0 Å². The molecule has 0 aliphatic heterocycles. The molecular weight excluding hydrogens is 407 g/mol. The van der Waals surface area contributed by atoms with Gasteiger partial charge in [0.1, 0.15) is 0 Å². The van der Waals surface area contributed by atoms with E-state index in [1.165, 1.54) is 0 Å². The third kappa shape index (κ3) is 1.07. The van der Waals surface area contributed by atoms with Gasteiger partial charge in [-0.25, -0.2) is 0 Å². The van der Waals surface area contributed by atoms with Crippen LogP contribution >= 0.6 is 0 Å². The minimum Gasteiger partial charge on any atom is 2.00 e. The Kier molecular flexibility index (Phi) is 3.28. The van der Waals surface area contributed by atoms with Gasteiger partial charge in [-0.2, -0.15) is 0 Å². The average molecular weight is 407 g/mol. The summed E-state index contributed by atoms with van der Waals surface area (Å²) in [4.78, 5) is 6.19. The number of hydrogen-bond donors (Lipinski definition) is 0. The first-order valence-electron chi connectivity index (χ1n) is 2.40. The molecule has 0 fully saturated rings. The number of rotatable bonds is 0. The summed E-state index contributed by atoms with van der Waals surface area (Å²) in [7, 11) is -6.17. The molecule has 0 spiro atoms. The molecule has 0 aromatic carbocycles. The molecule has 0 heterocycles. The topological polar surface area (TPSA) is 143 Å². The first-order valence-corrected chi connectivity index (χ1v) is 5.71. The maximum Gasteiger partial charge on any atom is 2.00 e. The summed E-state index contributed by atoms with van der Waals surface area (Å²) in [6, 6.07) is 0. The van der Waals surface area contributed by atoms with Crippen molar-refractivity contribution in [3.63, 3.8) is 0 Å². The summed E-state index contributed by atoms with van der Waals surface area (Å²) in [6.45, 7) is 0. The minimum absolute atomic E-state index is 0. The van der Waals surface area contributed by atoms with Gasteiger partial charge in [-0.1, -0.05) is 0 Å². The Morgan fingerprint density at radius 2 is 0.643 bits per heavy atom. The molecule has 0 aliphatic rings. The van der Waals surface area contributed by atoms with Crippen molar-refractivity contribution in [3.8, 4) is 29.8 Å². The Hall–Kier alpha value is -1.85. The van der Waals surface area contributed by atoms with Crippen molar-refractivity contribution >= 4 is 0 Å². The normalized spacial score (nSPS) is 12.4. The summed E-state index contributed by atoms with van der Waals surface area (Å²) in [6.07, 6.45) is 0. The van der Waals surface area contributed by atoms with Gasteiger partial charge in [0.2, 0.25) is 0 Å². The maximum absolute atomic E-state index is 8.58. The fourth-order valence-corrected chi connectivity index (χ4v) is 1.09. The van der Waals surface area contributed by atoms with E-state index in [1.54, 1.807) is 0 Å². The van der Waals surface area contributed by atoms with Gasteiger partial charge in [0.15, 0.2) is 0 Å². The third-order valence-electron chi connectivity index (χ3n) is 1.19. The van der Waals surface area contributed by atoms with E-state index >= 15 is 0 Å². The van der Waals surface area contributed by atoms with Gasteiger partial charge in [-0.05, 0) is 0 Å². The van der Waals surface area contributed by atoms with Crippen LogP contribution in [0.25, 0.3) is 0 Å². The zero-order valence-electron chi connectivity index (χ0n) is 6.35. The van der Waals surface area contributed by atoms with Crippen molar-refractivity contribution in [2.45, 2.75) is 0 Å². The molecule has 0 atom stereocenters. The van der Waals surface area contributed by atoms with Crippen LogP contribution in [0.5, 0.6) is 0 Å². The Morgan fingerprint density at radius 1 is 0.500 bits per heavy atom. The van der Waals surface area contributed by atoms with E-state index in [2.05, 4.69) is 0 Å². The first-order chi connectivity index (χ1) is 5.97. The molecule has 72 valence electrons. The second kappa shape index (κ2) is 3.13. The molecule has 0 radical (unpaired) electrons. The van der Waals surface area contributed by atoms with Crippen molar-refractivity contribution < 1.29 is 31.8 Å². The quantitative estimate of drug-likeness (QED) is 0.521. The molecule has 0 unspecified atom stereocenters. The zero-order valence-corrected chi connectivity index (χ0v) is 9.73. The van der Waals surface area contributed by atoms with Crippen LogP contribution in [0.4, 0.5) is 0 Å². The van der Waals surface area contributed by atoms with E-state index in [0.29, 0.717) is 0 Å². The molecule has 8 heteroatoms. The van der Waals surface area contributed by atoms with E-state index < -0.39 is 10.7 Å². The van der Waals surface area contributed by atoms with Gasteiger partial charge >= 0.3 is 93.2 Å². The number of nitriles is 6. The molecule has 14 heavy (non-hydrogen) atoms. The van der Waals surface area contributed by atoms with Gasteiger partial charge in [0.05, 0.1) is 0 Å². The van der Waals surface area contributed by atoms with Crippen molar-refractivity contribution in [2.24, 2.45) is 0 Å². The van der Waals surface area contributed by atoms with Crippen LogP contribution in [0.3, 0.4) is 0 Å². The van der Waals surface area contributed by atoms with Crippen molar-refractivity contribution in [1.29, 1.82) is 31.6 Å². The molecule has 0 aromatic rings. The fraction of sp³-hybridized carbons (Fsp3) is 0. The van der Waals surface area contributed by atoms with Gasteiger partial charge in [0, 0.05) is 0 Å². The molecule has 0 amide bonds. The van der Waals surface area contributed by atoms with Crippen LogP contribution in [0.2, 0.25) is 0 Å². The molecule has 0 rings (SSSR count). The van der Waals surface area contributed by atoms with Gasteiger partial charge in [-0.15, -0.1) is 0 Å². The standard InChI is InChI=1S/6CN.Fe.Pt/c6*1-2;;/q;;;;;;-2;+2. The average Bonchev–Trinajstić information content (AvgIpc) is 2.26. The van der Waals surface area contributed by atoms with Crippen LogP contribution in [-0.4, -0.2) is 0 Å². The van der Waals surface area contributed by atoms with Crippen molar-refractivity contribution in [1.82, 2.24) is 0 Å². The van der Waals surface area contributed by atoms with E-state index in [1.807, 2.05) is 0 Å². The van der Waals surface area contributed by atoms with Gasteiger partial charge in [0.25, 0.3) is 0 Å². The molecule has 0 bridgehead atoms. The zero-order chi connectivity index (χ0) is 10.7. The fourth-order valence-electron chi connectivity index (χ4n) is 0.265. The second-order valence-electron chi connectivity index (χ2n) is 1.80. The minimum atomic E-state index is -6.17. The largest absolute Gasteiger partial charge is 2.00 e.